The largest absolute Gasteiger partial charge is 0.340 e. The minimum Gasteiger partial charge on any atom is -0.340 e. The number of allylic oxidation sites excluding steroid dienone is 4. The highest BCUT2D eigenvalue weighted by molar-refractivity contribution is 5.78. The van der Waals surface area contributed by atoms with Gasteiger partial charge in [-0.2, -0.15) is 0 Å². The van der Waals surface area contributed by atoms with Gasteiger partial charge in [0.15, 0.2) is 0 Å². The summed E-state index contributed by atoms with van der Waals surface area (Å²) in [7, 11) is 0. The third kappa shape index (κ3) is 4.84. The van der Waals surface area contributed by atoms with Crippen molar-refractivity contribution in [3.8, 4) is 5.69 Å². The number of nitrogens with zero attached hydrogens (tertiary/aromatic N) is 4. The fraction of sp³-hybridized carbons (Fsp3) is 0.231. The summed E-state index contributed by atoms with van der Waals surface area (Å²) in [6, 6.07) is 32.3. The second kappa shape index (κ2) is 12.8. The van der Waals surface area contributed by atoms with Gasteiger partial charge in [0.1, 0.15) is 0 Å². The van der Waals surface area contributed by atoms with E-state index < -0.39 is 0 Å². The third-order valence-corrected chi connectivity index (χ3v) is 13.7. The molecule has 0 saturated heterocycles. The second-order valence-corrected chi connectivity index (χ2v) is 16.6. The van der Waals surface area contributed by atoms with Crippen molar-refractivity contribution in [2.75, 3.05) is 9.80 Å². The zero-order chi connectivity index (χ0) is 36.7. The molecule has 7 aliphatic rings. The van der Waals surface area contributed by atoms with Gasteiger partial charge in [0.05, 0.1) is 18.1 Å². The van der Waals surface area contributed by atoms with Crippen molar-refractivity contribution < 1.29 is 0 Å². The summed E-state index contributed by atoms with van der Waals surface area (Å²) in [5.74, 6) is 1.08. The maximum absolute atomic E-state index is 2.77. The van der Waals surface area contributed by atoms with E-state index in [1.165, 1.54) is 67.7 Å². The predicted molar refractivity (Wildman–Crippen MR) is 232 cm³/mol. The molecule has 56 heavy (non-hydrogen) atoms. The minimum absolute atomic E-state index is 0.283. The molecule has 0 N–H and O–H groups in total. The van der Waals surface area contributed by atoms with E-state index in [0.29, 0.717) is 29.8 Å². The van der Waals surface area contributed by atoms with E-state index in [2.05, 4.69) is 189 Å². The van der Waals surface area contributed by atoms with Crippen molar-refractivity contribution in [1.29, 1.82) is 0 Å². The lowest BCUT2D eigenvalue weighted by molar-refractivity contribution is 0.461. The van der Waals surface area contributed by atoms with Crippen LogP contribution < -0.4 is 9.80 Å². The lowest BCUT2D eigenvalue weighted by Gasteiger charge is -2.34. The Bertz CT molecular complexity index is 2570. The number of anilines is 2. The summed E-state index contributed by atoms with van der Waals surface area (Å²) in [4.78, 5) is 4.90. The Kier molecular flexibility index (Phi) is 7.36. The fourth-order valence-electron chi connectivity index (χ4n) is 11.1. The topological polar surface area (TPSA) is 16.3 Å². The lowest BCUT2D eigenvalue weighted by Crippen LogP contribution is -2.32. The van der Waals surface area contributed by atoms with Crippen LogP contribution in [0, 0.1) is 0 Å². The van der Waals surface area contributed by atoms with E-state index in [1.807, 2.05) is 0 Å². The maximum atomic E-state index is 2.77. The first-order valence-electron chi connectivity index (χ1n) is 20.9. The highest BCUT2D eigenvalue weighted by Gasteiger charge is 2.40. The molecule has 0 spiro atoms. The van der Waals surface area contributed by atoms with E-state index in [1.54, 1.807) is 0 Å². The molecule has 12 rings (SSSR count). The molecule has 5 aliphatic carbocycles. The van der Waals surface area contributed by atoms with Gasteiger partial charge < -0.3 is 18.9 Å². The van der Waals surface area contributed by atoms with Crippen LogP contribution in [0.1, 0.15) is 100 Å². The second-order valence-electron chi connectivity index (χ2n) is 16.6. The Morgan fingerprint density at radius 1 is 0.464 bits per heavy atom. The fourth-order valence-corrected chi connectivity index (χ4v) is 11.1. The Labute approximate surface area is 330 Å². The van der Waals surface area contributed by atoms with Crippen LogP contribution in [-0.4, -0.2) is 21.2 Å². The van der Waals surface area contributed by atoms with Gasteiger partial charge in [-0.1, -0.05) is 121 Å². The minimum atomic E-state index is 0.283. The van der Waals surface area contributed by atoms with Crippen LogP contribution in [0.3, 0.4) is 0 Å². The van der Waals surface area contributed by atoms with Crippen molar-refractivity contribution in [2.45, 2.75) is 74.4 Å². The van der Waals surface area contributed by atoms with Crippen LogP contribution in [0.15, 0.2) is 146 Å². The van der Waals surface area contributed by atoms with Gasteiger partial charge in [0.25, 0.3) is 0 Å². The van der Waals surface area contributed by atoms with Crippen LogP contribution in [0.2, 0.25) is 0 Å². The summed E-state index contributed by atoms with van der Waals surface area (Å²) < 4.78 is 5.39. The van der Waals surface area contributed by atoms with E-state index in [-0.39, 0.29) is 6.04 Å². The summed E-state index contributed by atoms with van der Waals surface area (Å²) >= 11 is 0. The SMILES string of the molecule is C1=Cc2c3c(n(-c4ccc(C5C=CC(n6c7c(c8c6C6C=CN(c9ccccc9)C6C=C8)C=CCC7)CC5)cc4)c2CC1)C1C=CN(c2ccccc2)C1C=C3. The van der Waals surface area contributed by atoms with Crippen LogP contribution in [0.5, 0.6) is 0 Å². The normalized spacial score (nSPS) is 25.9. The number of aromatic nitrogens is 2. The molecule has 274 valence electrons. The average Bonchev–Trinajstić information content (AvgIpc) is 4.05. The zero-order valence-electron chi connectivity index (χ0n) is 31.7. The molecule has 0 saturated carbocycles. The number of benzene rings is 3. The van der Waals surface area contributed by atoms with Crippen molar-refractivity contribution in [2.24, 2.45) is 0 Å². The molecule has 2 aromatic heterocycles. The first-order chi connectivity index (χ1) is 27.8. The molecule has 4 heterocycles. The first kappa shape index (κ1) is 32.3. The van der Waals surface area contributed by atoms with Gasteiger partial charge in [0.2, 0.25) is 0 Å². The molecular formula is C52H46N4. The third-order valence-electron chi connectivity index (χ3n) is 13.7. The molecule has 2 aliphatic heterocycles. The molecule has 3 aromatic carbocycles. The molecular weight excluding hydrogens is 681 g/mol. The monoisotopic (exact) mass is 726 g/mol. The summed E-state index contributed by atoms with van der Waals surface area (Å²) in [6.07, 6.45) is 40.5. The van der Waals surface area contributed by atoms with Crippen LogP contribution >= 0.6 is 0 Å². The van der Waals surface area contributed by atoms with Crippen molar-refractivity contribution in [1.82, 2.24) is 9.13 Å². The highest BCUT2D eigenvalue weighted by Crippen LogP contribution is 2.49. The van der Waals surface area contributed by atoms with Gasteiger partial charge in [-0.3, -0.25) is 0 Å². The van der Waals surface area contributed by atoms with Crippen molar-refractivity contribution >= 4 is 35.7 Å². The molecule has 5 aromatic rings. The quantitative estimate of drug-likeness (QED) is 0.168. The van der Waals surface area contributed by atoms with Crippen LogP contribution in [0.25, 0.3) is 30.0 Å². The van der Waals surface area contributed by atoms with Crippen LogP contribution in [-0.2, 0) is 12.8 Å². The van der Waals surface area contributed by atoms with E-state index in [0.717, 1.165) is 38.5 Å². The van der Waals surface area contributed by atoms with Crippen molar-refractivity contribution in [3.05, 3.63) is 197 Å². The molecule has 6 unspecified atom stereocenters. The van der Waals surface area contributed by atoms with Crippen LogP contribution in [0.4, 0.5) is 11.4 Å². The number of hydrogen-bond acceptors (Lipinski definition) is 2. The van der Waals surface area contributed by atoms with E-state index >= 15 is 0 Å². The molecule has 4 heteroatoms. The smallest absolute Gasteiger partial charge is 0.0638 e. The molecule has 6 atom stereocenters. The van der Waals surface area contributed by atoms with E-state index in [9.17, 15) is 0 Å². The Morgan fingerprint density at radius 2 is 1.05 bits per heavy atom. The average molecular weight is 727 g/mol. The first-order valence-corrected chi connectivity index (χ1v) is 20.9. The van der Waals surface area contributed by atoms with Gasteiger partial charge in [-0.15, -0.1) is 0 Å². The van der Waals surface area contributed by atoms with Gasteiger partial charge in [-0.25, -0.2) is 0 Å². The predicted octanol–water partition coefficient (Wildman–Crippen LogP) is 11.9. The summed E-state index contributed by atoms with van der Waals surface area (Å²) in [5, 5.41) is 0. The number of para-hydroxylation sites is 2. The molecule has 4 nitrogen and oxygen atoms in total. The summed E-state index contributed by atoms with van der Waals surface area (Å²) in [6.45, 7) is 0. The Balaban J connectivity index is 0.847. The molecule has 0 radical (unpaired) electrons. The highest BCUT2D eigenvalue weighted by atomic mass is 15.2. The molecule has 0 amide bonds. The van der Waals surface area contributed by atoms with Gasteiger partial charge in [0, 0.05) is 92.2 Å². The zero-order valence-corrected chi connectivity index (χ0v) is 31.7. The van der Waals surface area contributed by atoms with Gasteiger partial charge >= 0.3 is 0 Å². The van der Waals surface area contributed by atoms with E-state index in [4.69, 9.17) is 0 Å². The maximum Gasteiger partial charge on any atom is 0.0638 e. The molecule has 0 bridgehead atoms. The number of rotatable bonds is 5. The summed E-state index contributed by atoms with van der Waals surface area (Å²) in [5.41, 5.74) is 16.8. The Morgan fingerprint density at radius 3 is 1.68 bits per heavy atom. The standard InChI is InChI=1S/C52H46N4/c1-3-11-37(12-4-1)53-33-31-45-47(53)29-27-43-41-15-7-9-17-49(41)55(51(43)45)39-23-19-35(20-24-39)36-21-25-40(26-22-36)56-50-18-10-8-16-42(50)44-28-30-48-46(52(44)56)32-34-54(48)38-13-5-2-6-14-38/h1-8,11-16,19-21,23-25,27-34,36,40,45-48H,9-10,17-18,22,26H2. The van der Waals surface area contributed by atoms with Gasteiger partial charge in [-0.05, 0) is 80.5 Å². The Hall–Kier alpha value is -6.00. The lowest BCUT2D eigenvalue weighted by atomic mass is 9.85. The van der Waals surface area contributed by atoms with Crippen molar-refractivity contribution in [3.63, 3.8) is 0 Å². The number of fused-ring (bicyclic) bond motifs is 10. The molecule has 0 fully saturated rings. The number of hydrogen-bond donors (Lipinski definition) is 0.